The summed E-state index contributed by atoms with van der Waals surface area (Å²) in [7, 11) is 2.26. The quantitative estimate of drug-likeness (QED) is 0.746. The summed E-state index contributed by atoms with van der Waals surface area (Å²) < 4.78 is 0. The molecule has 1 amide bonds. The van der Waals surface area contributed by atoms with Gasteiger partial charge in [-0.2, -0.15) is 0 Å². The first kappa shape index (κ1) is 16.0. The highest BCUT2D eigenvalue weighted by molar-refractivity contribution is 5.79. The Morgan fingerprint density at radius 1 is 1.05 bits per heavy atom. The molecule has 4 nitrogen and oxygen atoms in total. The molecule has 0 saturated carbocycles. The number of likely N-dealkylation sites (N-methyl/N-ethyl adjacent to an activating group) is 1. The number of rotatable bonds is 3. The minimum absolute atomic E-state index is 0.251. The molecule has 22 heavy (non-hydrogen) atoms. The fraction of sp³-hybridized carbons (Fsp3) is 0.833. The standard InChI is InChI=1S/C18H31N3O/c1-19-10-6-5-9-17(19)15-20-11-13-21(14-12-20)18(22)16-7-3-2-4-8-16/h2-3,16-17H,4-15H2,1H3/t16-,17-/m1/s1. The molecule has 2 atom stereocenters. The van der Waals surface area contributed by atoms with Gasteiger partial charge in [0.25, 0.3) is 0 Å². The maximum Gasteiger partial charge on any atom is 0.226 e. The van der Waals surface area contributed by atoms with Crippen LogP contribution in [0.5, 0.6) is 0 Å². The fourth-order valence-electron chi connectivity index (χ4n) is 4.10. The molecule has 0 spiro atoms. The molecular weight excluding hydrogens is 274 g/mol. The molecule has 0 radical (unpaired) electrons. The summed E-state index contributed by atoms with van der Waals surface area (Å²) in [4.78, 5) is 19.8. The number of hydrogen-bond donors (Lipinski definition) is 0. The van der Waals surface area contributed by atoms with Crippen molar-refractivity contribution in [3.63, 3.8) is 0 Å². The highest BCUT2D eigenvalue weighted by atomic mass is 16.2. The number of piperazine rings is 1. The number of piperidine rings is 1. The summed E-state index contributed by atoms with van der Waals surface area (Å²) in [6.45, 7) is 6.39. The zero-order valence-electron chi connectivity index (χ0n) is 14.0. The van der Waals surface area contributed by atoms with Crippen LogP contribution in [0.4, 0.5) is 0 Å². The number of carbonyl (C=O) groups is 1. The van der Waals surface area contributed by atoms with Crippen LogP contribution in [-0.4, -0.2) is 73.0 Å². The molecule has 4 heteroatoms. The van der Waals surface area contributed by atoms with Crippen LogP contribution in [0.15, 0.2) is 12.2 Å². The topological polar surface area (TPSA) is 26.8 Å². The Balaban J connectivity index is 1.43. The van der Waals surface area contributed by atoms with E-state index in [0.29, 0.717) is 5.91 Å². The summed E-state index contributed by atoms with van der Waals surface area (Å²) in [5.74, 6) is 0.653. The highest BCUT2D eigenvalue weighted by Gasteiger charge is 2.29. The van der Waals surface area contributed by atoms with Crippen molar-refractivity contribution in [2.75, 3.05) is 46.3 Å². The largest absolute Gasteiger partial charge is 0.340 e. The van der Waals surface area contributed by atoms with Crippen molar-refractivity contribution in [1.82, 2.24) is 14.7 Å². The number of nitrogens with zero attached hydrogens (tertiary/aromatic N) is 3. The van der Waals surface area contributed by atoms with Crippen molar-refractivity contribution in [3.8, 4) is 0 Å². The predicted octanol–water partition coefficient (Wildman–Crippen LogP) is 1.97. The van der Waals surface area contributed by atoms with E-state index in [1.807, 2.05) is 0 Å². The third kappa shape index (κ3) is 3.90. The van der Waals surface area contributed by atoms with Crippen LogP contribution < -0.4 is 0 Å². The summed E-state index contributed by atoms with van der Waals surface area (Å²) in [5.41, 5.74) is 0. The van der Waals surface area contributed by atoms with Gasteiger partial charge >= 0.3 is 0 Å². The summed E-state index contributed by atoms with van der Waals surface area (Å²) in [5, 5.41) is 0. The molecule has 0 aromatic carbocycles. The van der Waals surface area contributed by atoms with Gasteiger partial charge in [-0.3, -0.25) is 9.69 Å². The maximum absolute atomic E-state index is 12.6. The molecule has 3 rings (SSSR count). The van der Waals surface area contributed by atoms with Gasteiger partial charge in [0, 0.05) is 44.7 Å². The van der Waals surface area contributed by atoms with Gasteiger partial charge < -0.3 is 9.80 Å². The van der Waals surface area contributed by atoms with Crippen LogP contribution in [0.3, 0.4) is 0 Å². The molecule has 1 aliphatic carbocycles. The second-order valence-electron chi connectivity index (χ2n) is 7.24. The normalized spacial score (nSPS) is 31.4. The van der Waals surface area contributed by atoms with Gasteiger partial charge in [0.05, 0.1) is 0 Å². The van der Waals surface area contributed by atoms with Crippen molar-refractivity contribution < 1.29 is 4.79 Å². The lowest BCUT2D eigenvalue weighted by atomic mass is 9.93. The zero-order chi connectivity index (χ0) is 15.4. The van der Waals surface area contributed by atoms with Gasteiger partial charge in [0.1, 0.15) is 0 Å². The van der Waals surface area contributed by atoms with E-state index in [4.69, 9.17) is 0 Å². The Bertz CT molecular complexity index is 401. The highest BCUT2D eigenvalue weighted by Crippen LogP contribution is 2.22. The number of hydrogen-bond acceptors (Lipinski definition) is 3. The second kappa shape index (κ2) is 7.60. The van der Waals surface area contributed by atoms with Gasteiger partial charge in [0.15, 0.2) is 0 Å². The van der Waals surface area contributed by atoms with Crippen LogP contribution in [-0.2, 0) is 4.79 Å². The Morgan fingerprint density at radius 2 is 1.86 bits per heavy atom. The summed E-state index contributed by atoms with van der Waals surface area (Å²) >= 11 is 0. The van der Waals surface area contributed by atoms with Crippen LogP contribution in [0.2, 0.25) is 0 Å². The Labute approximate surface area is 135 Å². The monoisotopic (exact) mass is 305 g/mol. The van der Waals surface area contributed by atoms with Crippen LogP contribution in [0.25, 0.3) is 0 Å². The maximum atomic E-state index is 12.6. The Hall–Kier alpha value is -0.870. The summed E-state index contributed by atoms with van der Waals surface area (Å²) in [6, 6.07) is 0.722. The van der Waals surface area contributed by atoms with Crippen LogP contribution in [0, 0.1) is 5.92 Å². The number of likely N-dealkylation sites (tertiary alicyclic amines) is 1. The lowest BCUT2D eigenvalue weighted by Crippen LogP contribution is -2.53. The summed E-state index contributed by atoms with van der Waals surface area (Å²) in [6.07, 6.45) is 11.5. The number of amides is 1. The molecule has 0 bridgehead atoms. The first-order valence-electron chi connectivity index (χ1n) is 9.10. The SMILES string of the molecule is CN1CCCC[C@@H]1CN1CCN(C(=O)[C@@H]2CC=CCC2)CC1. The minimum atomic E-state index is 0.251. The molecule has 0 aromatic heterocycles. The number of allylic oxidation sites excluding steroid dienone is 2. The first-order chi connectivity index (χ1) is 10.7. The van der Waals surface area contributed by atoms with Gasteiger partial charge in [-0.15, -0.1) is 0 Å². The zero-order valence-corrected chi connectivity index (χ0v) is 14.0. The smallest absolute Gasteiger partial charge is 0.226 e. The van der Waals surface area contributed by atoms with E-state index < -0.39 is 0 Å². The van der Waals surface area contributed by atoms with E-state index >= 15 is 0 Å². The van der Waals surface area contributed by atoms with Gasteiger partial charge in [-0.1, -0.05) is 18.6 Å². The van der Waals surface area contributed by atoms with Crippen molar-refractivity contribution >= 4 is 5.91 Å². The third-order valence-corrected chi connectivity index (χ3v) is 5.69. The van der Waals surface area contributed by atoms with Crippen LogP contribution in [0.1, 0.15) is 38.5 Å². The molecule has 124 valence electrons. The first-order valence-corrected chi connectivity index (χ1v) is 9.10. The third-order valence-electron chi connectivity index (χ3n) is 5.69. The Morgan fingerprint density at radius 3 is 2.55 bits per heavy atom. The van der Waals surface area contributed by atoms with E-state index in [1.54, 1.807) is 0 Å². The number of carbonyl (C=O) groups excluding carboxylic acids is 1. The molecular formula is C18H31N3O. The average Bonchev–Trinajstić information content (AvgIpc) is 2.58. The van der Waals surface area contributed by atoms with E-state index in [1.165, 1.54) is 32.4 Å². The van der Waals surface area contributed by atoms with E-state index in [9.17, 15) is 4.79 Å². The average molecular weight is 305 g/mol. The van der Waals surface area contributed by atoms with Crippen molar-refractivity contribution in [3.05, 3.63) is 12.2 Å². The van der Waals surface area contributed by atoms with Crippen LogP contribution >= 0.6 is 0 Å². The molecule has 2 saturated heterocycles. The van der Waals surface area contributed by atoms with E-state index in [-0.39, 0.29) is 5.92 Å². The molecule has 2 heterocycles. The van der Waals surface area contributed by atoms with Crippen molar-refractivity contribution in [2.24, 2.45) is 5.92 Å². The van der Waals surface area contributed by atoms with E-state index in [2.05, 4.69) is 33.9 Å². The predicted molar refractivity (Wildman–Crippen MR) is 89.8 cm³/mol. The van der Waals surface area contributed by atoms with Gasteiger partial charge in [0.2, 0.25) is 5.91 Å². The van der Waals surface area contributed by atoms with Crippen molar-refractivity contribution in [2.45, 2.75) is 44.6 Å². The molecule has 2 fully saturated rings. The second-order valence-corrected chi connectivity index (χ2v) is 7.24. The molecule has 0 aromatic rings. The van der Waals surface area contributed by atoms with E-state index in [0.717, 1.165) is 51.5 Å². The lowest BCUT2D eigenvalue weighted by molar-refractivity contribution is -0.137. The minimum Gasteiger partial charge on any atom is -0.340 e. The lowest BCUT2D eigenvalue weighted by Gasteiger charge is -2.41. The Kier molecular flexibility index (Phi) is 5.53. The fourth-order valence-corrected chi connectivity index (χ4v) is 4.10. The molecule has 3 aliphatic rings. The van der Waals surface area contributed by atoms with Gasteiger partial charge in [-0.05, 0) is 45.7 Å². The molecule has 2 aliphatic heterocycles. The van der Waals surface area contributed by atoms with Gasteiger partial charge in [-0.25, -0.2) is 0 Å². The van der Waals surface area contributed by atoms with Crippen molar-refractivity contribution in [1.29, 1.82) is 0 Å². The molecule has 0 unspecified atom stereocenters. The molecule has 0 N–H and O–H groups in total.